The van der Waals surface area contributed by atoms with Crippen molar-refractivity contribution in [3.8, 4) is 17.6 Å². The maximum Gasteiger partial charge on any atom is 0.338 e. The monoisotopic (exact) mass is 406 g/mol. The van der Waals surface area contributed by atoms with Crippen molar-refractivity contribution >= 4 is 29.2 Å². The lowest BCUT2D eigenvalue weighted by Crippen LogP contribution is -2.21. The van der Waals surface area contributed by atoms with E-state index < -0.39 is 18.5 Å². The average Bonchev–Trinajstić information content (AvgIpc) is 2.73. The van der Waals surface area contributed by atoms with Gasteiger partial charge in [-0.3, -0.25) is 4.79 Å². The number of benzene rings is 3. The van der Waals surface area contributed by atoms with E-state index in [0.717, 1.165) is 0 Å². The molecule has 0 unspecified atom stereocenters. The van der Waals surface area contributed by atoms with Crippen LogP contribution in [-0.4, -0.2) is 18.5 Å². The number of hydrogen-bond acceptors (Lipinski definition) is 5. The number of nitrogens with zero attached hydrogens (tertiary/aromatic N) is 1. The first-order valence-electron chi connectivity index (χ1n) is 8.55. The van der Waals surface area contributed by atoms with Crippen LogP contribution in [0.15, 0.2) is 72.8 Å². The van der Waals surface area contributed by atoms with E-state index in [1.165, 1.54) is 12.1 Å². The molecule has 0 aliphatic rings. The first kappa shape index (κ1) is 19.9. The van der Waals surface area contributed by atoms with Crippen molar-refractivity contribution in [3.63, 3.8) is 0 Å². The van der Waals surface area contributed by atoms with E-state index in [9.17, 15) is 9.59 Å². The maximum absolute atomic E-state index is 12.1. The highest BCUT2D eigenvalue weighted by Crippen LogP contribution is 2.22. The molecule has 0 saturated heterocycles. The minimum absolute atomic E-state index is 0.253. The molecule has 0 saturated carbocycles. The molecule has 0 fully saturated rings. The quantitative estimate of drug-likeness (QED) is 0.594. The predicted molar refractivity (Wildman–Crippen MR) is 108 cm³/mol. The third-order valence-corrected chi connectivity index (χ3v) is 4.01. The molecule has 0 atom stereocenters. The Morgan fingerprint density at radius 3 is 2.34 bits per heavy atom. The van der Waals surface area contributed by atoms with Crippen LogP contribution in [0.25, 0.3) is 0 Å². The van der Waals surface area contributed by atoms with Crippen LogP contribution in [0, 0.1) is 11.3 Å². The van der Waals surface area contributed by atoms with Crippen LogP contribution in [0.2, 0.25) is 5.02 Å². The normalized spacial score (nSPS) is 9.93. The van der Waals surface area contributed by atoms with Crippen LogP contribution in [0.5, 0.6) is 11.5 Å². The van der Waals surface area contributed by atoms with Crippen molar-refractivity contribution in [1.29, 1.82) is 5.26 Å². The number of amides is 1. The van der Waals surface area contributed by atoms with Gasteiger partial charge in [0.15, 0.2) is 6.61 Å². The van der Waals surface area contributed by atoms with Gasteiger partial charge in [-0.1, -0.05) is 29.8 Å². The van der Waals surface area contributed by atoms with Crippen LogP contribution in [0.4, 0.5) is 5.69 Å². The average molecular weight is 407 g/mol. The molecule has 3 aromatic carbocycles. The zero-order valence-electron chi connectivity index (χ0n) is 15.1. The summed E-state index contributed by atoms with van der Waals surface area (Å²) in [5, 5.41) is 11.9. The Hall–Kier alpha value is -3.82. The van der Waals surface area contributed by atoms with Gasteiger partial charge in [0.1, 0.15) is 17.6 Å². The molecule has 1 N–H and O–H groups in total. The zero-order valence-corrected chi connectivity index (χ0v) is 15.8. The number of hydrogen-bond donors (Lipinski definition) is 1. The molecule has 0 radical (unpaired) electrons. The lowest BCUT2D eigenvalue weighted by molar-refractivity contribution is -0.119. The number of nitrogens with one attached hydrogen (secondary N) is 1. The van der Waals surface area contributed by atoms with Crippen LogP contribution >= 0.6 is 11.6 Å². The minimum atomic E-state index is -0.655. The van der Waals surface area contributed by atoms with E-state index in [1.54, 1.807) is 30.3 Å². The summed E-state index contributed by atoms with van der Waals surface area (Å²) in [5.41, 5.74) is 0.783. The molecule has 29 heavy (non-hydrogen) atoms. The lowest BCUT2D eigenvalue weighted by Gasteiger charge is -2.09. The summed E-state index contributed by atoms with van der Waals surface area (Å²) in [4.78, 5) is 24.2. The van der Waals surface area contributed by atoms with Crippen LogP contribution in [-0.2, 0) is 9.53 Å². The van der Waals surface area contributed by atoms with Gasteiger partial charge in [0.05, 0.1) is 16.8 Å². The first-order valence-corrected chi connectivity index (χ1v) is 8.92. The van der Waals surface area contributed by atoms with Crippen LogP contribution in [0.3, 0.4) is 0 Å². The number of carbonyl (C=O) groups is 2. The smallest absolute Gasteiger partial charge is 0.338 e. The molecule has 6 nitrogen and oxygen atoms in total. The molecule has 1 amide bonds. The van der Waals surface area contributed by atoms with Gasteiger partial charge < -0.3 is 14.8 Å². The topological polar surface area (TPSA) is 88.4 Å². The van der Waals surface area contributed by atoms with Gasteiger partial charge >= 0.3 is 5.97 Å². The summed E-state index contributed by atoms with van der Waals surface area (Å²) in [6.07, 6.45) is 0. The Morgan fingerprint density at radius 2 is 1.66 bits per heavy atom. The maximum atomic E-state index is 12.1. The molecular weight excluding hydrogens is 392 g/mol. The summed E-state index contributed by atoms with van der Waals surface area (Å²) in [5.74, 6) is 0.00638. The summed E-state index contributed by atoms with van der Waals surface area (Å²) >= 11 is 5.87. The Labute approximate surface area is 172 Å². The summed E-state index contributed by atoms with van der Waals surface area (Å²) < 4.78 is 10.7. The minimum Gasteiger partial charge on any atom is -0.457 e. The molecule has 0 heterocycles. The third kappa shape index (κ3) is 5.58. The Kier molecular flexibility index (Phi) is 6.46. The molecule has 144 valence electrons. The van der Waals surface area contributed by atoms with Crippen molar-refractivity contribution in [2.45, 2.75) is 0 Å². The highest BCUT2D eigenvalue weighted by molar-refractivity contribution is 6.31. The van der Waals surface area contributed by atoms with Crippen molar-refractivity contribution in [1.82, 2.24) is 0 Å². The highest BCUT2D eigenvalue weighted by atomic mass is 35.5. The van der Waals surface area contributed by atoms with E-state index in [2.05, 4.69) is 5.32 Å². The van der Waals surface area contributed by atoms with E-state index >= 15 is 0 Å². The summed E-state index contributed by atoms with van der Waals surface area (Å²) in [7, 11) is 0. The molecule has 0 aliphatic heterocycles. The second-order valence-electron chi connectivity index (χ2n) is 5.87. The molecule has 3 rings (SSSR count). The van der Waals surface area contributed by atoms with Gasteiger partial charge in [-0.25, -0.2) is 4.79 Å². The van der Waals surface area contributed by atoms with Gasteiger partial charge in [0, 0.05) is 5.02 Å². The van der Waals surface area contributed by atoms with Gasteiger partial charge in [-0.2, -0.15) is 5.26 Å². The fourth-order valence-corrected chi connectivity index (χ4v) is 2.57. The van der Waals surface area contributed by atoms with E-state index in [0.29, 0.717) is 16.5 Å². The van der Waals surface area contributed by atoms with Crippen molar-refractivity contribution in [2.75, 3.05) is 11.9 Å². The number of esters is 1. The molecular formula is C22H15ClN2O4. The molecule has 0 spiro atoms. The lowest BCUT2D eigenvalue weighted by atomic mass is 10.2. The highest BCUT2D eigenvalue weighted by Gasteiger charge is 2.12. The van der Waals surface area contributed by atoms with E-state index in [4.69, 9.17) is 26.3 Å². The van der Waals surface area contributed by atoms with E-state index in [1.807, 2.05) is 36.4 Å². The largest absolute Gasteiger partial charge is 0.457 e. The Balaban J connectivity index is 1.54. The van der Waals surface area contributed by atoms with Gasteiger partial charge in [-0.05, 0) is 54.6 Å². The SMILES string of the molecule is N#Cc1ccc(Cl)cc1NC(=O)COC(=O)c1ccc(Oc2ccccc2)cc1. The van der Waals surface area contributed by atoms with Crippen LogP contribution < -0.4 is 10.1 Å². The fourth-order valence-electron chi connectivity index (χ4n) is 2.40. The zero-order chi connectivity index (χ0) is 20.6. The number of carbonyl (C=O) groups excluding carboxylic acids is 2. The molecule has 0 aromatic heterocycles. The number of ether oxygens (including phenoxy) is 2. The van der Waals surface area contributed by atoms with Gasteiger partial charge in [0.2, 0.25) is 0 Å². The van der Waals surface area contributed by atoms with Crippen molar-refractivity contribution in [3.05, 3.63) is 88.9 Å². The standard InChI is InChI=1S/C22H15ClN2O4/c23-17-9-6-16(13-24)20(12-17)25-21(26)14-28-22(27)15-7-10-19(11-8-15)29-18-4-2-1-3-5-18/h1-12H,14H2,(H,25,26). The predicted octanol–water partition coefficient (Wildman–Crippen LogP) is 4.80. The van der Waals surface area contributed by atoms with Crippen molar-refractivity contribution < 1.29 is 19.1 Å². The second kappa shape index (κ2) is 9.40. The van der Waals surface area contributed by atoms with Gasteiger partial charge in [0.25, 0.3) is 5.91 Å². The van der Waals surface area contributed by atoms with E-state index in [-0.39, 0.29) is 16.8 Å². The van der Waals surface area contributed by atoms with Crippen LogP contribution in [0.1, 0.15) is 15.9 Å². The Morgan fingerprint density at radius 1 is 0.966 bits per heavy atom. The number of rotatable bonds is 6. The number of para-hydroxylation sites is 1. The van der Waals surface area contributed by atoms with Crippen molar-refractivity contribution in [2.24, 2.45) is 0 Å². The number of halogens is 1. The summed E-state index contributed by atoms with van der Waals surface area (Å²) in [6.45, 7) is -0.502. The molecule has 0 aliphatic carbocycles. The molecule has 3 aromatic rings. The first-order chi connectivity index (χ1) is 14.0. The molecule has 7 heteroatoms. The molecule has 0 bridgehead atoms. The van der Waals surface area contributed by atoms with Gasteiger partial charge in [-0.15, -0.1) is 0 Å². The fraction of sp³-hybridized carbons (Fsp3) is 0.0455. The Bertz CT molecular complexity index is 1060. The second-order valence-corrected chi connectivity index (χ2v) is 6.30. The third-order valence-electron chi connectivity index (χ3n) is 3.78. The number of nitriles is 1. The summed E-state index contributed by atoms with van der Waals surface area (Å²) in [6, 6.07) is 22.0. The number of anilines is 1.